The number of rotatable bonds is 8. The van der Waals surface area contributed by atoms with E-state index >= 15 is 0 Å². The van der Waals surface area contributed by atoms with Crippen LogP contribution in [0.1, 0.15) is 22.3 Å². The molecule has 0 aliphatic rings. The lowest BCUT2D eigenvalue weighted by Gasteiger charge is -2.13. The summed E-state index contributed by atoms with van der Waals surface area (Å²) in [5.41, 5.74) is 1.18. The van der Waals surface area contributed by atoms with Crippen LogP contribution in [-0.4, -0.2) is 23.6 Å². The first-order valence-electron chi connectivity index (χ1n) is 6.93. The van der Waals surface area contributed by atoms with Crippen molar-refractivity contribution in [1.29, 1.82) is 0 Å². The van der Waals surface area contributed by atoms with Crippen LogP contribution in [0.3, 0.4) is 0 Å². The minimum atomic E-state index is -1.00. The van der Waals surface area contributed by atoms with Gasteiger partial charge in [0.2, 0.25) is 0 Å². The fourth-order valence-electron chi connectivity index (χ4n) is 1.85. The number of hydrogen-bond donors (Lipinski definition) is 1. The number of benzene rings is 2. The summed E-state index contributed by atoms with van der Waals surface area (Å²) < 4.78 is 11.3. The molecule has 0 radical (unpaired) electrons. The highest BCUT2D eigenvalue weighted by Gasteiger charge is 2.11. The van der Waals surface area contributed by atoms with Crippen LogP contribution in [0.25, 0.3) is 0 Å². The van der Waals surface area contributed by atoms with E-state index in [1.807, 2.05) is 30.3 Å². The molecule has 4 nitrogen and oxygen atoms in total. The van der Waals surface area contributed by atoms with E-state index in [-0.39, 0.29) is 5.56 Å². The van der Waals surface area contributed by atoms with E-state index in [0.29, 0.717) is 37.0 Å². The van der Waals surface area contributed by atoms with Gasteiger partial charge >= 0.3 is 5.97 Å². The van der Waals surface area contributed by atoms with Crippen molar-refractivity contribution in [3.05, 3.63) is 59.7 Å². The van der Waals surface area contributed by atoms with E-state index in [9.17, 15) is 4.79 Å². The summed E-state index contributed by atoms with van der Waals surface area (Å²) in [6.45, 7) is 0.799. The van der Waals surface area contributed by atoms with Crippen LogP contribution in [0.5, 0.6) is 11.5 Å². The molecule has 0 aromatic heterocycles. The molecule has 0 atom stereocenters. The second kappa shape index (κ2) is 8.29. The average Bonchev–Trinajstić information content (AvgIpc) is 2.54. The molecule has 0 amide bonds. The second-order valence-electron chi connectivity index (χ2n) is 4.63. The average molecular weight is 321 g/mol. The monoisotopic (exact) mass is 320 g/mol. The first-order chi connectivity index (χ1) is 10.7. The Morgan fingerprint density at radius 2 is 1.82 bits per heavy atom. The van der Waals surface area contributed by atoms with Crippen molar-refractivity contribution in [3.8, 4) is 11.5 Å². The summed E-state index contributed by atoms with van der Waals surface area (Å²) in [4.78, 5) is 11.1. The Morgan fingerprint density at radius 3 is 2.50 bits per heavy atom. The summed E-state index contributed by atoms with van der Waals surface area (Å²) in [6.07, 6.45) is 0.678. The minimum Gasteiger partial charge on any atom is -0.490 e. The van der Waals surface area contributed by atoms with Crippen molar-refractivity contribution in [2.24, 2.45) is 0 Å². The summed E-state index contributed by atoms with van der Waals surface area (Å²) in [6, 6.07) is 14.3. The number of carboxylic acid groups (broad SMARTS) is 1. The van der Waals surface area contributed by atoms with Crippen molar-refractivity contribution in [3.63, 3.8) is 0 Å². The maximum atomic E-state index is 11.1. The Morgan fingerprint density at radius 1 is 1.05 bits per heavy atom. The number of halogens is 1. The Kier molecular flexibility index (Phi) is 6.10. The molecule has 0 unspecified atom stereocenters. The number of aromatic carboxylic acids is 1. The first kappa shape index (κ1) is 16.2. The van der Waals surface area contributed by atoms with Gasteiger partial charge in [0.1, 0.15) is 6.61 Å². The van der Waals surface area contributed by atoms with Crippen molar-refractivity contribution < 1.29 is 19.4 Å². The zero-order valence-electron chi connectivity index (χ0n) is 12.0. The van der Waals surface area contributed by atoms with Gasteiger partial charge in [0.15, 0.2) is 11.5 Å². The van der Waals surface area contributed by atoms with Crippen LogP contribution < -0.4 is 9.47 Å². The highest BCUT2D eigenvalue weighted by atomic mass is 35.5. The number of carbonyl (C=O) groups is 1. The number of carboxylic acids is 1. The fourth-order valence-corrected chi connectivity index (χ4v) is 1.95. The Hall–Kier alpha value is -2.20. The SMILES string of the molecule is O=C(O)c1ccc(OCc2ccccc2)c(OCCCCl)c1. The lowest BCUT2D eigenvalue weighted by Crippen LogP contribution is -2.04. The van der Waals surface area contributed by atoms with Crippen molar-refractivity contribution >= 4 is 17.6 Å². The topological polar surface area (TPSA) is 55.8 Å². The molecular weight excluding hydrogens is 304 g/mol. The quantitative estimate of drug-likeness (QED) is 0.590. The molecule has 1 N–H and O–H groups in total. The van der Waals surface area contributed by atoms with Gasteiger partial charge in [-0.2, -0.15) is 0 Å². The minimum absolute atomic E-state index is 0.160. The van der Waals surface area contributed by atoms with Gasteiger partial charge in [0.25, 0.3) is 0 Å². The molecule has 0 aliphatic carbocycles. The maximum Gasteiger partial charge on any atom is 0.335 e. The van der Waals surface area contributed by atoms with E-state index in [4.69, 9.17) is 26.2 Å². The molecule has 0 fully saturated rings. The van der Waals surface area contributed by atoms with Crippen LogP contribution in [0.4, 0.5) is 0 Å². The van der Waals surface area contributed by atoms with Gasteiger partial charge in [-0.1, -0.05) is 30.3 Å². The Balaban J connectivity index is 2.12. The van der Waals surface area contributed by atoms with Crippen LogP contribution in [0.2, 0.25) is 0 Å². The second-order valence-corrected chi connectivity index (χ2v) is 5.01. The molecule has 0 saturated carbocycles. The molecule has 0 bridgehead atoms. The normalized spacial score (nSPS) is 10.2. The third-order valence-electron chi connectivity index (χ3n) is 2.96. The zero-order valence-corrected chi connectivity index (χ0v) is 12.8. The van der Waals surface area contributed by atoms with Crippen molar-refractivity contribution in [1.82, 2.24) is 0 Å². The lowest BCUT2D eigenvalue weighted by atomic mass is 10.2. The summed E-state index contributed by atoms with van der Waals surface area (Å²) in [7, 11) is 0. The van der Waals surface area contributed by atoms with Crippen LogP contribution in [0.15, 0.2) is 48.5 Å². The van der Waals surface area contributed by atoms with Gasteiger partial charge in [-0.05, 0) is 30.2 Å². The largest absolute Gasteiger partial charge is 0.490 e. The van der Waals surface area contributed by atoms with E-state index in [1.54, 1.807) is 6.07 Å². The van der Waals surface area contributed by atoms with E-state index in [1.165, 1.54) is 12.1 Å². The summed E-state index contributed by atoms with van der Waals surface area (Å²) >= 11 is 5.63. The standard InChI is InChI=1S/C17H17ClO4/c18-9-4-10-21-16-11-14(17(19)20)7-8-15(16)22-12-13-5-2-1-3-6-13/h1-3,5-8,11H,4,9-10,12H2,(H,19,20). The van der Waals surface area contributed by atoms with Crippen LogP contribution in [-0.2, 0) is 6.61 Å². The third kappa shape index (κ3) is 4.67. The molecule has 22 heavy (non-hydrogen) atoms. The van der Waals surface area contributed by atoms with Gasteiger partial charge in [-0.25, -0.2) is 4.79 Å². The number of hydrogen-bond acceptors (Lipinski definition) is 3. The first-order valence-corrected chi connectivity index (χ1v) is 7.47. The van der Waals surface area contributed by atoms with Gasteiger partial charge in [0.05, 0.1) is 12.2 Å². The number of alkyl halides is 1. The van der Waals surface area contributed by atoms with Crippen molar-refractivity contribution in [2.45, 2.75) is 13.0 Å². The highest BCUT2D eigenvalue weighted by molar-refractivity contribution is 6.17. The molecule has 0 saturated heterocycles. The predicted molar refractivity (Wildman–Crippen MR) is 85.0 cm³/mol. The van der Waals surface area contributed by atoms with Gasteiger partial charge in [-0.3, -0.25) is 0 Å². The lowest BCUT2D eigenvalue weighted by molar-refractivity contribution is 0.0696. The van der Waals surface area contributed by atoms with Crippen LogP contribution in [0, 0.1) is 0 Å². The predicted octanol–water partition coefficient (Wildman–Crippen LogP) is 3.97. The summed E-state index contributed by atoms with van der Waals surface area (Å²) in [5.74, 6) is 0.417. The molecular formula is C17H17ClO4. The molecule has 2 aromatic carbocycles. The molecule has 0 aliphatic heterocycles. The molecule has 2 aromatic rings. The van der Waals surface area contributed by atoms with E-state index < -0.39 is 5.97 Å². The highest BCUT2D eigenvalue weighted by Crippen LogP contribution is 2.29. The van der Waals surface area contributed by atoms with Gasteiger partial charge < -0.3 is 14.6 Å². The Labute approximate surface area is 134 Å². The third-order valence-corrected chi connectivity index (χ3v) is 3.23. The maximum absolute atomic E-state index is 11.1. The molecule has 116 valence electrons. The molecule has 5 heteroatoms. The smallest absolute Gasteiger partial charge is 0.335 e. The zero-order chi connectivity index (χ0) is 15.8. The summed E-state index contributed by atoms with van der Waals surface area (Å²) in [5, 5.41) is 9.06. The molecule has 2 rings (SSSR count). The van der Waals surface area contributed by atoms with Gasteiger partial charge in [0, 0.05) is 5.88 Å². The molecule has 0 heterocycles. The Bertz CT molecular complexity index is 613. The van der Waals surface area contributed by atoms with E-state index in [0.717, 1.165) is 5.56 Å². The molecule has 0 spiro atoms. The van der Waals surface area contributed by atoms with E-state index in [2.05, 4.69) is 0 Å². The number of ether oxygens (including phenoxy) is 2. The van der Waals surface area contributed by atoms with Crippen LogP contribution >= 0.6 is 11.6 Å². The van der Waals surface area contributed by atoms with Gasteiger partial charge in [-0.15, -0.1) is 11.6 Å². The fraction of sp³-hybridized carbons (Fsp3) is 0.235. The van der Waals surface area contributed by atoms with Crippen molar-refractivity contribution in [2.75, 3.05) is 12.5 Å².